The van der Waals surface area contributed by atoms with Crippen molar-refractivity contribution in [2.75, 3.05) is 31.1 Å². The van der Waals surface area contributed by atoms with E-state index < -0.39 is 0 Å². The summed E-state index contributed by atoms with van der Waals surface area (Å²) in [5.41, 5.74) is 1.19. The highest BCUT2D eigenvalue weighted by molar-refractivity contribution is 5.80. The van der Waals surface area contributed by atoms with Crippen LogP contribution in [-0.2, 0) is 6.42 Å². The van der Waals surface area contributed by atoms with Crippen LogP contribution in [0.25, 0.3) is 11.6 Å². The molecule has 0 spiro atoms. The normalized spacial score (nSPS) is 15.3. The van der Waals surface area contributed by atoms with Crippen LogP contribution in [0.4, 0.5) is 5.82 Å². The number of furan rings is 1. The fourth-order valence-corrected chi connectivity index (χ4v) is 3.61. The molecule has 1 aliphatic rings. The van der Waals surface area contributed by atoms with Gasteiger partial charge in [0.15, 0.2) is 11.7 Å². The molecule has 3 aromatic heterocycles. The van der Waals surface area contributed by atoms with Gasteiger partial charge in [-0.15, -0.1) is 0 Å². The van der Waals surface area contributed by atoms with Crippen LogP contribution in [0.15, 0.2) is 46.1 Å². The molecule has 164 valence electrons. The summed E-state index contributed by atoms with van der Waals surface area (Å²) < 4.78 is 5.33. The molecule has 0 atom stereocenters. The molecule has 1 fully saturated rings. The van der Waals surface area contributed by atoms with Crippen LogP contribution < -0.4 is 15.5 Å². The van der Waals surface area contributed by atoms with E-state index in [9.17, 15) is 0 Å². The molecule has 1 saturated heterocycles. The number of aromatic amines is 1. The van der Waals surface area contributed by atoms with Gasteiger partial charge in [0.05, 0.1) is 6.26 Å². The minimum Gasteiger partial charge on any atom is -0.461 e. The summed E-state index contributed by atoms with van der Waals surface area (Å²) in [4.78, 5) is 16.1. The van der Waals surface area contributed by atoms with Crippen LogP contribution in [0.5, 0.6) is 0 Å². The number of pyridine rings is 1. The van der Waals surface area contributed by atoms with Crippen molar-refractivity contribution in [3.63, 3.8) is 0 Å². The second-order valence-corrected chi connectivity index (χ2v) is 7.69. The zero-order valence-electron chi connectivity index (χ0n) is 18.1. The lowest BCUT2D eigenvalue weighted by atomic mass is 10.1. The van der Waals surface area contributed by atoms with Crippen molar-refractivity contribution >= 4 is 11.8 Å². The standard InChI is InChI=1S/C22H30N8O/c1-3-23-22(24-11-8-19-27-21(29-28-19)18-5-4-14-31-18)26-17-9-12-30(13-10-17)20-7-6-16(2)15-25-20/h4-7,14-15,17H,3,8-13H2,1-2H3,(H2,23,24,26)(H,27,28,29). The number of aliphatic imine (C=N–C) groups is 1. The van der Waals surface area contributed by atoms with E-state index >= 15 is 0 Å². The largest absolute Gasteiger partial charge is 0.461 e. The SMILES string of the molecule is CCNC(=NCCc1nc(-c2ccco2)n[nH]1)NC1CCN(c2ccc(C)cn2)CC1. The van der Waals surface area contributed by atoms with E-state index in [1.165, 1.54) is 5.56 Å². The first kappa shape index (κ1) is 20.9. The molecule has 0 radical (unpaired) electrons. The number of hydrogen-bond donors (Lipinski definition) is 3. The van der Waals surface area contributed by atoms with Gasteiger partial charge in [0.2, 0.25) is 5.82 Å². The molecule has 0 bridgehead atoms. The van der Waals surface area contributed by atoms with Gasteiger partial charge >= 0.3 is 0 Å². The topological polar surface area (TPSA) is 107 Å². The second-order valence-electron chi connectivity index (χ2n) is 7.69. The Bertz CT molecular complexity index is 956. The van der Waals surface area contributed by atoms with Gasteiger partial charge in [-0.2, -0.15) is 5.10 Å². The van der Waals surface area contributed by atoms with Crippen molar-refractivity contribution in [2.24, 2.45) is 4.99 Å². The summed E-state index contributed by atoms with van der Waals surface area (Å²) in [6, 6.07) is 8.30. The van der Waals surface area contributed by atoms with Crippen molar-refractivity contribution in [1.29, 1.82) is 0 Å². The van der Waals surface area contributed by atoms with E-state index in [4.69, 9.17) is 9.41 Å². The van der Waals surface area contributed by atoms with Crippen molar-refractivity contribution in [3.8, 4) is 11.6 Å². The highest BCUT2D eigenvalue weighted by Crippen LogP contribution is 2.18. The first-order valence-corrected chi connectivity index (χ1v) is 10.9. The fourth-order valence-electron chi connectivity index (χ4n) is 3.61. The Morgan fingerprint density at radius 1 is 1.29 bits per heavy atom. The highest BCUT2D eigenvalue weighted by atomic mass is 16.3. The first-order chi connectivity index (χ1) is 15.2. The molecule has 0 unspecified atom stereocenters. The van der Waals surface area contributed by atoms with Gasteiger partial charge in [0.25, 0.3) is 0 Å². The number of aryl methyl sites for hydroxylation is 1. The Kier molecular flexibility index (Phi) is 6.81. The molecule has 4 rings (SSSR count). The van der Waals surface area contributed by atoms with Crippen LogP contribution in [-0.4, -0.2) is 58.3 Å². The molecule has 3 N–H and O–H groups in total. The smallest absolute Gasteiger partial charge is 0.216 e. The van der Waals surface area contributed by atoms with Gasteiger partial charge < -0.3 is 20.0 Å². The van der Waals surface area contributed by atoms with Gasteiger partial charge in [-0.05, 0) is 50.5 Å². The number of piperidine rings is 1. The zero-order valence-corrected chi connectivity index (χ0v) is 18.1. The fraction of sp³-hybridized carbons (Fsp3) is 0.455. The third kappa shape index (κ3) is 5.62. The molecule has 0 aliphatic carbocycles. The zero-order chi connectivity index (χ0) is 21.5. The van der Waals surface area contributed by atoms with Gasteiger partial charge in [-0.25, -0.2) is 9.97 Å². The first-order valence-electron chi connectivity index (χ1n) is 10.9. The molecule has 9 nitrogen and oxygen atoms in total. The lowest BCUT2D eigenvalue weighted by molar-refractivity contribution is 0.459. The predicted octanol–water partition coefficient (Wildman–Crippen LogP) is 2.53. The number of rotatable bonds is 7. The molecule has 4 heterocycles. The Morgan fingerprint density at radius 3 is 2.87 bits per heavy atom. The number of H-pyrrole nitrogens is 1. The van der Waals surface area contributed by atoms with Gasteiger partial charge in [0, 0.05) is 44.8 Å². The maximum Gasteiger partial charge on any atom is 0.216 e. The van der Waals surface area contributed by atoms with Crippen LogP contribution in [0.3, 0.4) is 0 Å². The minimum atomic E-state index is 0.398. The molecule has 31 heavy (non-hydrogen) atoms. The average Bonchev–Trinajstić information content (AvgIpc) is 3.47. The minimum absolute atomic E-state index is 0.398. The van der Waals surface area contributed by atoms with Crippen LogP contribution >= 0.6 is 0 Å². The second kappa shape index (κ2) is 10.1. The molecule has 9 heteroatoms. The lowest BCUT2D eigenvalue weighted by Crippen LogP contribution is -2.49. The summed E-state index contributed by atoms with van der Waals surface area (Å²) in [7, 11) is 0. The van der Waals surface area contributed by atoms with E-state index in [1.807, 2.05) is 18.3 Å². The number of nitrogens with one attached hydrogen (secondary N) is 3. The van der Waals surface area contributed by atoms with Gasteiger partial charge in [0.1, 0.15) is 11.6 Å². The molecule has 0 aromatic carbocycles. The Morgan fingerprint density at radius 2 is 2.16 bits per heavy atom. The van der Waals surface area contributed by atoms with Crippen molar-refractivity contribution in [1.82, 2.24) is 30.8 Å². The number of guanidine groups is 1. The third-order valence-corrected chi connectivity index (χ3v) is 5.29. The molecule has 0 amide bonds. The van der Waals surface area contributed by atoms with Crippen LogP contribution in [0.1, 0.15) is 31.2 Å². The molecule has 3 aromatic rings. The Balaban J connectivity index is 1.27. The van der Waals surface area contributed by atoms with Gasteiger partial charge in [-0.3, -0.25) is 10.1 Å². The van der Waals surface area contributed by atoms with E-state index in [2.05, 4.69) is 61.7 Å². The van der Waals surface area contributed by atoms with E-state index in [1.54, 1.807) is 6.26 Å². The van der Waals surface area contributed by atoms with E-state index in [0.717, 1.165) is 50.1 Å². The van der Waals surface area contributed by atoms with Crippen LogP contribution in [0, 0.1) is 6.92 Å². The average molecular weight is 423 g/mol. The molecular formula is C22H30N8O. The summed E-state index contributed by atoms with van der Waals surface area (Å²) in [6.07, 6.45) is 6.33. The van der Waals surface area contributed by atoms with Crippen molar-refractivity contribution in [2.45, 2.75) is 39.2 Å². The quantitative estimate of drug-likeness (QED) is 0.397. The monoisotopic (exact) mass is 422 g/mol. The number of hydrogen-bond acceptors (Lipinski definition) is 6. The number of aromatic nitrogens is 4. The van der Waals surface area contributed by atoms with Crippen molar-refractivity contribution in [3.05, 3.63) is 48.1 Å². The van der Waals surface area contributed by atoms with E-state index in [-0.39, 0.29) is 0 Å². The maximum absolute atomic E-state index is 5.33. The molecular weight excluding hydrogens is 392 g/mol. The summed E-state index contributed by atoms with van der Waals surface area (Å²) in [5.74, 6) is 3.94. The van der Waals surface area contributed by atoms with Gasteiger partial charge in [-0.1, -0.05) is 6.07 Å². The molecule has 1 aliphatic heterocycles. The number of anilines is 1. The Hall–Kier alpha value is -3.36. The van der Waals surface area contributed by atoms with Crippen molar-refractivity contribution < 1.29 is 4.42 Å². The Labute approximate surface area is 182 Å². The summed E-state index contributed by atoms with van der Waals surface area (Å²) in [5, 5.41) is 14.1. The third-order valence-electron chi connectivity index (χ3n) is 5.29. The highest BCUT2D eigenvalue weighted by Gasteiger charge is 2.20. The summed E-state index contributed by atoms with van der Waals surface area (Å²) >= 11 is 0. The predicted molar refractivity (Wildman–Crippen MR) is 121 cm³/mol. The number of nitrogens with zero attached hydrogens (tertiary/aromatic N) is 5. The summed E-state index contributed by atoms with van der Waals surface area (Å²) in [6.45, 7) is 7.56. The lowest BCUT2D eigenvalue weighted by Gasteiger charge is -2.33. The molecule has 0 saturated carbocycles. The van der Waals surface area contributed by atoms with Crippen LogP contribution in [0.2, 0.25) is 0 Å². The van der Waals surface area contributed by atoms with E-state index in [0.29, 0.717) is 30.6 Å². The maximum atomic E-state index is 5.33.